The highest BCUT2D eigenvalue weighted by molar-refractivity contribution is 9.10. The molecule has 1 unspecified atom stereocenters. The molecule has 0 aromatic heterocycles. The Morgan fingerprint density at radius 2 is 2.13 bits per heavy atom. The number of hydrogen-bond donors (Lipinski definition) is 1. The molecule has 15 heavy (non-hydrogen) atoms. The molecule has 0 heterocycles. The predicted molar refractivity (Wildman–Crippen MR) is 56.7 cm³/mol. The molecule has 0 radical (unpaired) electrons. The Hall–Kier alpha value is -0.990. The number of benzene rings is 1. The van der Waals surface area contributed by atoms with Crippen LogP contribution in [-0.2, 0) is 0 Å². The zero-order valence-electron chi connectivity index (χ0n) is 7.75. The molecule has 1 aromatic carbocycles. The first-order valence-electron chi connectivity index (χ1n) is 4.28. The third-order valence-corrected chi connectivity index (χ3v) is 2.80. The second kappa shape index (κ2) is 5.19. The normalized spacial score (nSPS) is 12.5. The van der Waals surface area contributed by atoms with E-state index in [0.717, 1.165) is 0 Å². The van der Waals surface area contributed by atoms with Gasteiger partial charge in [-0.3, -0.25) is 0 Å². The summed E-state index contributed by atoms with van der Waals surface area (Å²) in [6, 6.07) is 6.49. The first kappa shape index (κ1) is 12.1. The number of hydrogen-bond acceptors (Lipinski definition) is 2. The molecular formula is C10H9BrF2N2. The lowest BCUT2D eigenvalue weighted by Crippen LogP contribution is -2.20. The van der Waals surface area contributed by atoms with Crippen LogP contribution in [0.5, 0.6) is 0 Å². The van der Waals surface area contributed by atoms with E-state index in [1.165, 1.54) is 6.07 Å². The van der Waals surface area contributed by atoms with E-state index in [0.29, 0.717) is 15.6 Å². The molecule has 1 atom stereocenters. The lowest BCUT2D eigenvalue weighted by Gasteiger charge is -2.15. The van der Waals surface area contributed by atoms with Crippen LogP contribution in [-0.4, -0.2) is 13.0 Å². The Morgan fingerprint density at radius 3 is 2.60 bits per heavy atom. The minimum atomic E-state index is -2.53. The molecule has 0 spiro atoms. The van der Waals surface area contributed by atoms with Gasteiger partial charge in [-0.05, 0) is 23.8 Å². The van der Waals surface area contributed by atoms with Gasteiger partial charge in [0, 0.05) is 11.0 Å². The molecule has 0 fully saturated rings. The van der Waals surface area contributed by atoms with Crippen molar-refractivity contribution in [3.05, 3.63) is 33.8 Å². The van der Waals surface area contributed by atoms with Gasteiger partial charge in [-0.25, -0.2) is 8.78 Å². The van der Waals surface area contributed by atoms with E-state index < -0.39 is 12.3 Å². The molecule has 0 aliphatic carbocycles. The zero-order valence-corrected chi connectivity index (χ0v) is 9.34. The van der Waals surface area contributed by atoms with Crippen molar-refractivity contribution in [2.24, 2.45) is 5.73 Å². The third kappa shape index (κ3) is 2.74. The average Bonchev–Trinajstić information content (AvgIpc) is 2.21. The highest BCUT2D eigenvalue weighted by atomic mass is 79.9. The second-order valence-electron chi connectivity index (χ2n) is 3.02. The number of alkyl halides is 2. The summed E-state index contributed by atoms with van der Waals surface area (Å²) < 4.78 is 25.8. The Labute approximate surface area is 94.8 Å². The Kier molecular flexibility index (Phi) is 4.18. The Morgan fingerprint density at radius 1 is 1.47 bits per heavy atom. The van der Waals surface area contributed by atoms with Gasteiger partial charge in [-0.1, -0.05) is 15.9 Å². The van der Waals surface area contributed by atoms with E-state index in [-0.39, 0.29) is 6.54 Å². The summed E-state index contributed by atoms with van der Waals surface area (Å²) in [6.07, 6.45) is -2.53. The summed E-state index contributed by atoms with van der Waals surface area (Å²) in [4.78, 5) is 0. The van der Waals surface area contributed by atoms with Crippen molar-refractivity contribution in [1.82, 2.24) is 0 Å². The number of nitrogens with zero attached hydrogens (tertiary/aromatic N) is 1. The molecule has 0 saturated heterocycles. The van der Waals surface area contributed by atoms with Crippen LogP contribution >= 0.6 is 15.9 Å². The van der Waals surface area contributed by atoms with Crippen molar-refractivity contribution in [3.63, 3.8) is 0 Å². The molecular weight excluding hydrogens is 266 g/mol. The topological polar surface area (TPSA) is 49.8 Å². The number of nitrogens with two attached hydrogens (primary N) is 1. The average molecular weight is 275 g/mol. The van der Waals surface area contributed by atoms with Gasteiger partial charge in [0.2, 0.25) is 6.43 Å². The molecule has 80 valence electrons. The molecule has 2 N–H and O–H groups in total. The van der Waals surface area contributed by atoms with Gasteiger partial charge >= 0.3 is 0 Å². The van der Waals surface area contributed by atoms with Crippen molar-refractivity contribution < 1.29 is 8.78 Å². The van der Waals surface area contributed by atoms with Crippen molar-refractivity contribution in [1.29, 1.82) is 5.26 Å². The van der Waals surface area contributed by atoms with Gasteiger partial charge in [-0.15, -0.1) is 0 Å². The standard InChI is InChI=1S/C10H9BrF2N2/c11-9-2-1-6(4-14)3-7(9)8(5-15)10(12)13/h1-3,8,10H,5,15H2. The molecule has 0 bridgehead atoms. The summed E-state index contributed by atoms with van der Waals surface area (Å²) >= 11 is 3.17. The fraction of sp³-hybridized carbons (Fsp3) is 0.300. The van der Waals surface area contributed by atoms with E-state index in [9.17, 15) is 8.78 Å². The van der Waals surface area contributed by atoms with Gasteiger partial charge in [0.25, 0.3) is 0 Å². The molecule has 0 aliphatic rings. The van der Waals surface area contributed by atoms with Gasteiger partial charge < -0.3 is 5.73 Å². The highest BCUT2D eigenvalue weighted by Crippen LogP contribution is 2.29. The van der Waals surface area contributed by atoms with Crippen LogP contribution in [0.15, 0.2) is 22.7 Å². The van der Waals surface area contributed by atoms with E-state index in [4.69, 9.17) is 11.0 Å². The largest absolute Gasteiger partial charge is 0.330 e. The maximum atomic E-state index is 12.6. The van der Waals surface area contributed by atoms with Crippen LogP contribution in [0, 0.1) is 11.3 Å². The van der Waals surface area contributed by atoms with Crippen LogP contribution < -0.4 is 5.73 Å². The lowest BCUT2D eigenvalue weighted by molar-refractivity contribution is 0.117. The van der Waals surface area contributed by atoms with Gasteiger partial charge in [-0.2, -0.15) is 5.26 Å². The summed E-state index contributed by atoms with van der Waals surface area (Å²) in [6.45, 7) is -0.148. The molecule has 2 nitrogen and oxygen atoms in total. The van der Waals surface area contributed by atoms with Gasteiger partial charge in [0.05, 0.1) is 17.6 Å². The number of rotatable bonds is 3. The van der Waals surface area contributed by atoms with Gasteiger partial charge in [0.1, 0.15) is 0 Å². The van der Waals surface area contributed by atoms with Gasteiger partial charge in [0.15, 0.2) is 0 Å². The highest BCUT2D eigenvalue weighted by Gasteiger charge is 2.23. The predicted octanol–water partition coefficient (Wildman–Crippen LogP) is 2.63. The zero-order chi connectivity index (χ0) is 11.4. The van der Waals surface area contributed by atoms with E-state index in [2.05, 4.69) is 15.9 Å². The quantitative estimate of drug-likeness (QED) is 0.921. The monoisotopic (exact) mass is 274 g/mol. The molecule has 1 aromatic rings. The van der Waals surface area contributed by atoms with Crippen LogP contribution in [0.4, 0.5) is 8.78 Å². The number of nitriles is 1. The fourth-order valence-electron chi connectivity index (χ4n) is 1.26. The first-order chi connectivity index (χ1) is 7.10. The maximum Gasteiger partial charge on any atom is 0.246 e. The Bertz CT molecular complexity index is 387. The summed E-state index contributed by atoms with van der Waals surface area (Å²) in [7, 11) is 0. The minimum absolute atomic E-state index is 0.148. The maximum absolute atomic E-state index is 12.6. The number of halogens is 3. The SMILES string of the molecule is N#Cc1ccc(Br)c(C(CN)C(F)F)c1. The van der Waals surface area contributed by atoms with E-state index in [1.54, 1.807) is 12.1 Å². The molecule has 1 rings (SSSR count). The van der Waals surface area contributed by atoms with Crippen molar-refractivity contribution >= 4 is 15.9 Å². The fourth-order valence-corrected chi connectivity index (χ4v) is 1.80. The minimum Gasteiger partial charge on any atom is -0.330 e. The van der Waals surface area contributed by atoms with Crippen molar-refractivity contribution in [2.75, 3.05) is 6.54 Å². The smallest absolute Gasteiger partial charge is 0.246 e. The summed E-state index contributed by atoms with van der Waals surface area (Å²) in [5.74, 6) is -1.03. The van der Waals surface area contributed by atoms with E-state index in [1.807, 2.05) is 6.07 Å². The first-order valence-corrected chi connectivity index (χ1v) is 5.07. The second-order valence-corrected chi connectivity index (χ2v) is 3.88. The third-order valence-electron chi connectivity index (χ3n) is 2.08. The van der Waals surface area contributed by atoms with Crippen LogP contribution in [0.1, 0.15) is 17.0 Å². The van der Waals surface area contributed by atoms with E-state index >= 15 is 0 Å². The van der Waals surface area contributed by atoms with Crippen LogP contribution in [0.2, 0.25) is 0 Å². The summed E-state index contributed by atoms with van der Waals surface area (Å²) in [5.41, 5.74) is 6.02. The van der Waals surface area contributed by atoms with Crippen molar-refractivity contribution in [3.8, 4) is 6.07 Å². The molecule has 0 amide bonds. The molecule has 5 heteroatoms. The van der Waals surface area contributed by atoms with Crippen LogP contribution in [0.25, 0.3) is 0 Å². The summed E-state index contributed by atoms with van der Waals surface area (Å²) in [5, 5.41) is 8.66. The van der Waals surface area contributed by atoms with Crippen molar-refractivity contribution in [2.45, 2.75) is 12.3 Å². The van der Waals surface area contributed by atoms with Crippen LogP contribution in [0.3, 0.4) is 0 Å². The molecule has 0 saturated carbocycles. The lowest BCUT2D eigenvalue weighted by atomic mass is 9.98. The Balaban J connectivity index is 3.16. The molecule has 0 aliphatic heterocycles.